The molecule has 5 rings (SSSR count). The number of fused-ring (bicyclic) bond motifs is 1. The molecule has 0 atom stereocenters. The maximum absolute atomic E-state index is 13.9. The molecule has 1 heterocycles. The highest BCUT2D eigenvalue weighted by atomic mass is 19.4. The minimum absolute atomic E-state index is 0.0767. The number of aryl methyl sites for hydroxylation is 2. The van der Waals surface area contributed by atoms with Crippen molar-refractivity contribution in [3.8, 4) is 16.9 Å². The molecular weight excluding hydrogens is 539 g/mol. The Morgan fingerprint density at radius 1 is 0.857 bits per heavy atom. The van der Waals surface area contributed by atoms with Gasteiger partial charge in [-0.3, -0.25) is 9.78 Å². The van der Waals surface area contributed by atoms with Gasteiger partial charge in [0, 0.05) is 18.0 Å². The summed E-state index contributed by atoms with van der Waals surface area (Å²) in [5, 5.41) is 0.440. The van der Waals surface area contributed by atoms with Crippen molar-refractivity contribution in [1.82, 2.24) is 4.98 Å². The summed E-state index contributed by atoms with van der Waals surface area (Å²) in [7, 11) is 1.37. The van der Waals surface area contributed by atoms with Crippen molar-refractivity contribution in [3.05, 3.63) is 131 Å². The van der Waals surface area contributed by atoms with Crippen molar-refractivity contribution in [2.75, 3.05) is 7.11 Å². The number of rotatable bonds is 9. The van der Waals surface area contributed by atoms with Crippen LogP contribution in [-0.2, 0) is 35.2 Å². The maximum Gasteiger partial charge on any atom is 0.418 e. The lowest BCUT2D eigenvalue weighted by Crippen LogP contribution is -2.07. The SMILES string of the molecule is COC(=O)CCc1ccc(COc2cccc(-c3c(Cc4ccccc4C)cnc4c(C(F)(F)F)cccc34)c2)cc1. The first-order valence-corrected chi connectivity index (χ1v) is 13.6. The van der Waals surface area contributed by atoms with Gasteiger partial charge in [0.2, 0.25) is 0 Å². The molecular formula is C35H30F3NO3. The normalized spacial score (nSPS) is 11.5. The molecule has 5 aromatic rings. The van der Waals surface area contributed by atoms with Gasteiger partial charge in [0.05, 0.1) is 18.2 Å². The summed E-state index contributed by atoms with van der Waals surface area (Å²) in [5.41, 5.74) is 5.60. The van der Waals surface area contributed by atoms with Gasteiger partial charge in [0.1, 0.15) is 12.4 Å². The first-order chi connectivity index (χ1) is 20.2. The number of esters is 1. The summed E-state index contributed by atoms with van der Waals surface area (Å²) in [6.07, 6.45) is -1.53. The van der Waals surface area contributed by atoms with Crippen LogP contribution in [0, 0.1) is 6.92 Å². The molecule has 0 radical (unpaired) electrons. The lowest BCUT2D eigenvalue weighted by Gasteiger charge is -2.17. The lowest BCUT2D eigenvalue weighted by atomic mass is 9.91. The first-order valence-electron chi connectivity index (χ1n) is 13.6. The Labute approximate surface area is 242 Å². The van der Waals surface area contributed by atoms with Crippen LogP contribution in [0.15, 0.2) is 97.2 Å². The predicted molar refractivity (Wildman–Crippen MR) is 157 cm³/mol. The zero-order valence-electron chi connectivity index (χ0n) is 23.4. The molecule has 0 saturated carbocycles. The van der Waals surface area contributed by atoms with Crippen LogP contribution in [0.25, 0.3) is 22.0 Å². The van der Waals surface area contributed by atoms with Gasteiger partial charge in [-0.05, 0) is 76.9 Å². The monoisotopic (exact) mass is 569 g/mol. The standard InChI is InChI=1S/C35H30F3NO3/c1-23-7-3-4-8-26(23)19-28-21-39-34-30(11-6-12-31(34)35(36,37)38)33(28)27-9-5-10-29(20-27)42-22-25-15-13-24(14-16-25)17-18-32(40)41-2/h3-16,20-21H,17-19,22H2,1-2H3. The Hall–Kier alpha value is -4.65. The number of hydrogen-bond acceptors (Lipinski definition) is 4. The van der Waals surface area contributed by atoms with E-state index in [0.29, 0.717) is 42.6 Å². The molecule has 1 aromatic heterocycles. The molecule has 0 amide bonds. The van der Waals surface area contributed by atoms with Gasteiger partial charge in [0.25, 0.3) is 0 Å². The van der Waals surface area contributed by atoms with Crippen LogP contribution in [0.5, 0.6) is 5.75 Å². The number of aromatic nitrogens is 1. The van der Waals surface area contributed by atoms with E-state index < -0.39 is 11.7 Å². The van der Waals surface area contributed by atoms with Crippen LogP contribution < -0.4 is 4.74 Å². The summed E-state index contributed by atoms with van der Waals surface area (Å²) < 4.78 is 52.6. The van der Waals surface area contributed by atoms with E-state index in [1.54, 1.807) is 12.3 Å². The average molecular weight is 570 g/mol. The summed E-state index contributed by atoms with van der Waals surface area (Å²) in [6, 6.07) is 27.4. The summed E-state index contributed by atoms with van der Waals surface area (Å²) in [4.78, 5) is 15.7. The highest BCUT2D eigenvalue weighted by Gasteiger charge is 2.33. The van der Waals surface area contributed by atoms with Crippen molar-refractivity contribution in [2.45, 2.75) is 39.0 Å². The molecule has 0 aliphatic carbocycles. The van der Waals surface area contributed by atoms with Gasteiger partial charge in [-0.15, -0.1) is 0 Å². The molecule has 0 fully saturated rings. The molecule has 0 spiro atoms. The molecule has 4 nitrogen and oxygen atoms in total. The van der Waals surface area contributed by atoms with Crippen LogP contribution >= 0.6 is 0 Å². The van der Waals surface area contributed by atoms with Gasteiger partial charge in [-0.25, -0.2) is 0 Å². The molecule has 7 heteroatoms. The van der Waals surface area contributed by atoms with Gasteiger partial charge < -0.3 is 9.47 Å². The van der Waals surface area contributed by atoms with E-state index in [2.05, 4.69) is 4.98 Å². The second-order valence-corrected chi connectivity index (χ2v) is 10.2. The molecule has 42 heavy (non-hydrogen) atoms. The van der Waals surface area contributed by atoms with E-state index in [-0.39, 0.29) is 11.5 Å². The molecule has 4 aromatic carbocycles. The number of ether oxygens (including phenoxy) is 2. The molecule has 214 valence electrons. The molecule has 0 N–H and O–H groups in total. The predicted octanol–water partition coefficient (Wildman–Crippen LogP) is 8.50. The smallest absolute Gasteiger partial charge is 0.418 e. The number of hydrogen-bond donors (Lipinski definition) is 0. The minimum atomic E-state index is -4.53. The van der Waals surface area contributed by atoms with Crippen LogP contribution in [-0.4, -0.2) is 18.1 Å². The van der Waals surface area contributed by atoms with Gasteiger partial charge in [-0.2, -0.15) is 13.2 Å². The fourth-order valence-electron chi connectivity index (χ4n) is 5.04. The van der Waals surface area contributed by atoms with Crippen molar-refractivity contribution in [2.24, 2.45) is 0 Å². The Morgan fingerprint density at radius 3 is 2.33 bits per heavy atom. The number of para-hydroxylation sites is 1. The maximum atomic E-state index is 13.9. The number of carbonyl (C=O) groups is 1. The lowest BCUT2D eigenvalue weighted by molar-refractivity contribution is -0.140. The van der Waals surface area contributed by atoms with E-state index in [4.69, 9.17) is 9.47 Å². The van der Waals surface area contributed by atoms with E-state index in [9.17, 15) is 18.0 Å². The number of benzene rings is 4. The quantitative estimate of drug-likeness (QED) is 0.167. The fourth-order valence-corrected chi connectivity index (χ4v) is 5.04. The number of nitrogens with zero attached hydrogens (tertiary/aromatic N) is 1. The van der Waals surface area contributed by atoms with Crippen molar-refractivity contribution in [1.29, 1.82) is 0 Å². The van der Waals surface area contributed by atoms with Gasteiger partial charge >= 0.3 is 12.1 Å². The fraction of sp³-hybridized carbons (Fsp3) is 0.200. The van der Waals surface area contributed by atoms with Crippen LogP contribution in [0.3, 0.4) is 0 Å². The van der Waals surface area contributed by atoms with E-state index in [1.165, 1.54) is 13.2 Å². The summed E-state index contributed by atoms with van der Waals surface area (Å²) >= 11 is 0. The van der Waals surface area contributed by atoms with Crippen molar-refractivity contribution in [3.63, 3.8) is 0 Å². The zero-order valence-corrected chi connectivity index (χ0v) is 23.4. The molecule has 0 aliphatic rings. The van der Waals surface area contributed by atoms with Crippen LogP contribution in [0.1, 0.15) is 39.8 Å². The largest absolute Gasteiger partial charge is 0.489 e. The first kappa shape index (κ1) is 28.9. The Kier molecular flexibility index (Phi) is 8.57. The molecule has 0 aliphatic heterocycles. The van der Waals surface area contributed by atoms with Crippen molar-refractivity contribution < 1.29 is 27.4 Å². The minimum Gasteiger partial charge on any atom is -0.489 e. The summed E-state index contributed by atoms with van der Waals surface area (Å²) in [6.45, 7) is 2.33. The second kappa shape index (κ2) is 12.5. The van der Waals surface area contributed by atoms with E-state index in [0.717, 1.165) is 39.4 Å². The molecule has 0 unspecified atom stereocenters. The number of methoxy groups -OCH3 is 1. The zero-order chi connectivity index (χ0) is 29.7. The van der Waals surface area contributed by atoms with Gasteiger partial charge in [-0.1, -0.05) is 72.8 Å². The van der Waals surface area contributed by atoms with E-state index >= 15 is 0 Å². The van der Waals surface area contributed by atoms with E-state index in [1.807, 2.05) is 79.7 Å². The molecule has 0 bridgehead atoms. The Bertz CT molecular complexity index is 1710. The Morgan fingerprint density at radius 2 is 1.60 bits per heavy atom. The summed E-state index contributed by atoms with van der Waals surface area (Å²) in [5.74, 6) is 0.349. The third-order valence-electron chi connectivity index (χ3n) is 7.32. The van der Waals surface area contributed by atoms with Crippen LogP contribution in [0.4, 0.5) is 13.2 Å². The highest BCUT2D eigenvalue weighted by Crippen LogP contribution is 2.39. The number of pyridine rings is 1. The third kappa shape index (κ3) is 6.62. The number of carbonyl (C=O) groups excluding carboxylic acids is 1. The van der Waals surface area contributed by atoms with Gasteiger partial charge in [0.15, 0.2) is 0 Å². The third-order valence-corrected chi connectivity index (χ3v) is 7.32. The second-order valence-electron chi connectivity index (χ2n) is 10.2. The molecule has 0 saturated heterocycles. The number of halogens is 3. The average Bonchev–Trinajstić information content (AvgIpc) is 2.99. The van der Waals surface area contributed by atoms with Crippen LogP contribution in [0.2, 0.25) is 0 Å². The topological polar surface area (TPSA) is 48.4 Å². The Balaban J connectivity index is 1.47. The number of alkyl halides is 3. The highest BCUT2D eigenvalue weighted by molar-refractivity contribution is 5.98. The van der Waals surface area contributed by atoms with Crippen molar-refractivity contribution >= 4 is 16.9 Å².